The zero-order valence-electron chi connectivity index (χ0n) is 29.3. The number of benzene rings is 5. The lowest BCUT2D eigenvalue weighted by Gasteiger charge is -2.14. The molecule has 0 saturated heterocycles. The zero-order chi connectivity index (χ0) is 36.1. The average molecular weight is 692 g/mol. The Balaban J connectivity index is 1.12. The topological polar surface area (TPSA) is 64.5 Å². The van der Waals surface area contributed by atoms with Gasteiger partial charge < -0.3 is 0 Å². The fraction of sp³-hybridized carbons (Fsp3) is 0. The van der Waals surface area contributed by atoms with E-state index in [0.29, 0.717) is 5.82 Å². The van der Waals surface area contributed by atoms with Gasteiger partial charge in [0.2, 0.25) is 0 Å². The fourth-order valence-electron chi connectivity index (χ4n) is 6.71. The van der Waals surface area contributed by atoms with Gasteiger partial charge in [0.05, 0.1) is 39.9 Å². The molecule has 9 rings (SSSR count). The first-order chi connectivity index (χ1) is 26.7. The highest BCUT2D eigenvalue weighted by molar-refractivity contribution is 5.86. The van der Waals surface area contributed by atoms with Crippen molar-refractivity contribution in [1.29, 1.82) is 0 Å². The molecule has 254 valence electrons. The molecule has 54 heavy (non-hydrogen) atoms. The summed E-state index contributed by atoms with van der Waals surface area (Å²) in [5, 5.41) is 0. The summed E-state index contributed by atoms with van der Waals surface area (Å²) in [7, 11) is 0. The summed E-state index contributed by atoms with van der Waals surface area (Å²) in [5.41, 5.74) is 14.1. The maximum atomic E-state index is 5.19. The third kappa shape index (κ3) is 6.82. The van der Waals surface area contributed by atoms with E-state index >= 15 is 0 Å². The van der Waals surface area contributed by atoms with Crippen LogP contribution in [0, 0.1) is 0 Å². The smallest absolute Gasteiger partial charge is 0.160 e. The van der Waals surface area contributed by atoms with Crippen LogP contribution in [0.1, 0.15) is 0 Å². The van der Waals surface area contributed by atoms with Crippen molar-refractivity contribution in [2.75, 3.05) is 0 Å². The van der Waals surface area contributed by atoms with Gasteiger partial charge in [-0.15, -0.1) is 0 Å². The predicted octanol–water partition coefficient (Wildman–Crippen LogP) is 12.0. The van der Waals surface area contributed by atoms with Crippen molar-refractivity contribution in [2.24, 2.45) is 0 Å². The summed E-state index contributed by atoms with van der Waals surface area (Å²) in [5.74, 6) is 0.688. The van der Waals surface area contributed by atoms with Crippen LogP contribution in [-0.2, 0) is 0 Å². The molecule has 0 aliphatic carbocycles. The molecule has 0 radical (unpaired) electrons. The number of rotatable bonds is 8. The largest absolute Gasteiger partial charge is 0.255 e. The van der Waals surface area contributed by atoms with Crippen LogP contribution in [0.2, 0.25) is 0 Å². The molecular formula is C49H33N5. The molecule has 0 saturated carbocycles. The third-order valence-corrected chi connectivity index (χ3v) is 9.37. The SMILES string of the molecule is c1ccc(-c2cc(-c3ccccn3)nc(-c3cccc(-c4cccc(-c5ccccc5-c5cc(-c6ccccc6)nc(-c6ccccc6)n5)c4)n3)c2)cc1. The first-order valence-electron chi connectivity index (χ1n) is 17.9. The van der Waals surface area contributed by atoms with E-state index in [0.717, 1.165) is 84.4 Å². The highest BCUT2D eigenvalue weighted by Crippen LogP contribution is 2.36. The Morgan fingerprint density at radius 1 is 0.241 bits per heavy atom. The van der Waals surface area contributed by atoms with Gasteiger partial charge in [0, 0.05) is 28.5 Å². The van der Waals surface area contributed by atoms with Gasteiger partial charge in [0.25, 0.3) is 0 Å². The highest BCUT2D eigenvalue weighted by atomic mass is 14.9. The summed E-state index contributed by atoms with van der Waals surface area (Å²) >= 11 is 0. The van der Waals surface area contributed by atoms with E-state index in [4.69, 9.17) is 19.9 Å². The quantitative estimate of drug-likeness (QED) is 0.159. The van der Waals surface area contributed by atoms with E-state index in [2.05, 4.69) is 126 Å². The molecule has 0 bridgehead atoms. The molecule has 0 fully saturated rings. The standard InChI is InChI=1S/C49H33N5/c1-4-16-34(17-5-1)39-31-47(43-26-12-13-29-50-43)52-48(32-39)44-28-15-27-42(51-44)38-23-14-22-37(30-38)40-24-10-11-25-41(40)46-33-45(35-18-6-2-7-19-35)53-49(54-46)36-20-8-3-9-21-36/h1-33H. The number of pyridine rings is 3. The Hall–Kier alpha value is -7.37. The molecule has 9 aromatic rings. The number of nitrogens with zero attached hydrogens (tertiary/aromatic N) is 5. The summed E-state index contributed by atoms with van der Waals surface area (Å²) in [6.07, 6.45) is 1.80. The van der Waals surface area contributed by atoms with Gasteiger partial charge >= 0.3 is 0 Å². The van der Waals surface area contributed by atoms with E-state index in [1.165, 1.54) is 0 Å². The van der Waals surface area contributed by atoms with Crippen LogP contribution < -0.4 is 0 Å². The van der Waals surface area contributed by atoms with Crippen molar-refractivity contribution < 1.29 is 0 Å². The lowest BCUT2D eigenvalue weighted by molar-refractivity contribution is 1.18. The number of hydrogen-bond donors (Lipinski definition) is 0. The van der Waals surface area contributed by atoms with Crippen LogP contribution in [0.15, 0.2) is 200 Å². The monoisotopic (exact) mass is 691 g/mol. The van der Waals surface area contributed by atoms with E-state index in [1.54, 1.807) is 6.20 Å². The van der Waals surface area contributed by atoms with Gasteiger partial charge in [0.15, 0.2) is 5.82 Å². The van der Waals surface area contributed by atoms with Crippen molar-refractivity contribution in [3.05, 3.63) is 200 Å². The Bertz CT molecular complexity index is 2580. The molecule has 5 aromatic carbocycles. The molecule has 0 N–H and O–H groups in total. The van der Waals surface area contributed by atoms with Crippen molar-refractivity contribution >= 4 is 0 Å². The van der Waals surface area contributed by atoms with E-state index in [-0.39, 0.29) is 0 Å². The van der Waals surface area contributed by atoms with Crippen molar-refractivity contribution in [3.63, 3.8) is 0 Å². The summed E-state index contributed by atoms with van der Waals surface area (Å²) in [6.45, 7) is 0. The first kappa shape index (κ1) is 32.5. The molecule has 4 aromatic heterocycles. The normalized spacial score (nSPS) is 11.0. The van der Waals surface area contributed by atoms with Gasteiger partial charge in [0.1, 0.15) is 0 Å². The third-order valence-electron chi connectivity index (χ3n) is 9.37. The molecule has 0 unspecified atom stereocenters. The number of hydrogen-bond acceptors (Lipinski definition) is 5. The molecule has 0 atom stereocenters. The van der Waals surface area contributed by atoms with Gasteiger partial charge in [-0.25, -0.2) is 19.9 Å². The molecule has 4 heterocycles. The van der Waals surface area contributed by atoms with Crippen molar-refractivity contribution in [3.8, 4) is 90.2 Å². The summed E-state index contributed by atoms with van der Waals surface area (Å²) in [4.78, 5) is 25.0. The van der Waals surface area contributed by atoms with Crippen LogP contribution in [-0.4, -0.2) is 24.9 Å². The summed E-state index contributed by atoms with van der Waals surface area (Å²) in [6, 6.07) is 66.1. The molecule has 5 nitrogen and oxygen atoms in total. The Kier molecular flexibility index (Phi) is 8.86. The van der Waals surface area contributed by atoms with E-state index in [1.807, 2.05) is 72.8 Å². The van der Waals surface area contributed by atoms with Crippen LogP contribution >= 0.6 is 0 Å². The highest BCUT2D eigenvalue weighted by Gasteiger charge is 2.16. The van der Waals surface area contributed by atoms with Crippen LogP contribution in [0.25, 0.3) is 90.2 Å². The lowest BCUT2D eigenvalue weighted by atomic mass is 9.94. The second-order valence-electron chi connectivity index (χ2n) is 12.9. The average Bonchev–Trinajstić information content (AvgIpc) is 3.27. The molecule has 5 heteroatoms. The predicted molar refractivity (Wildman–Crippen MR) is 219 cm³/mol. The minimum Gasteiger partial charge on any atom is -0.255 e. The van der Waals surface area contributed by atoms with E-state index in [9.17, 15) is 0 Å². The maximum absolute atomic E-state index is 5.19. The molecule has 0 spiro atoms. The van der Waals surface area contributed by atoms with E-state index < -0.39 is 0 Å². The minimum absolute atomic E-state index is 0.688. The second-order valence-corrected chi connectivity index (χ2v) is 12.9. The van der Waals surface area contributed by atoms with Gasteiger partial charge in [-0.2, -0.15) is 0 Å². The zero-order valence-corrected chi connectivity index (χ0v) is 29.3. The Morgan fingerprint density at radius 3 is 1.52 bits per heavy atom. The maximum Gasteiger partial charge on any atom is 0.160 e. The Labute approximate surface area is 314 Å². The summed E-state index contributed by atoms with van der Waals surface area (Å²) < 4.78 is 0. The number of aromatic nitrogens is 5. The van der Waals surface area contributed by atoms with Crippen molar-refractivity contribution in [2.45, 2.75) is 0 Å². The molecular weight excluding hydrogens is 659 g/mol. The minimum atomic E-state index is 0.688. The van der Waals surface area contributed by atoms with Crippen molar-refractivity contribution in [1.82, 2.24) is 24.9 Å². The van der Waals surface area contributed by atoms with Gasteiger partial charge in [-0.1, -0.05) is 146 Å². The van der Waals surface area contributed by atoms with Gasteiger partial charge in [-0.05, 0) is 70.8 Å². The van der Waals surface area contributed by atoms with Gasteiger partial charge in [-0.3, -0.25) is 4.98 Å². The lowest BCUT2D eigenvalue weighted by Crippen LogP contribution is -1.97. The molecule has 0 amide bonds. The first-order valence-corrected chi connectivity index (χ1v) is 17.9. The fourth-order valence-corrected chi connectivity index (χ4v) is 6.71. The van der Waals surface area contributed by atoms with Crippen LogP contribution in [0.3, 0.4) is 0 Å². The van der Waals surface area contributed by atoms with Crippen LogP contribution in [0.4, 0.5) is 0 Å². The van der Waals surface area contributed by atoms with Crippen LogP contribution in [0.5, 0.6) is 0 Å². The second kappa shape index (κ2) is 14.7. The Morgan fingerprint density at radius 2 is 0.778 bits per heavy atom. The molecule has 0 aliphatic heterocycles. The molecule has 0 aliphatic rings.